The van der Waals surface area contributed by atoms with Crippen LogP contribution in [0.3, 0.4) is 0 Å². The average molecular weight is 278 g/mol. The summed E-state index contributed by atoms with van der Waals surface area (Å²) in [5, 5.41) is 0. The van der Waals surface area contributed by atoms with Crippen LogP contribution in [0.4, 0.5) is 0 Å². The number of hydrogen-bond acceptors (Lipinski definition) is 4. The molecule has 1 aromatic heterocycles. The van der Waals surface area contributed by atoms with E-state index < -0.39 is 0 Å². The van der Waals surface area contributed by atoms with E-state index in [0.717, 1.165) is 25.2 Å². The Labute approximate surface area is 119 Å². The van der Waals surface area contributed by atoms with Crippen molar-refractivity contribution >= 4 is 17.1 Å². The Balaban J connectivity index is 1.62. The van der Waals surface area contributed by atoms with Gasteiger partial charge in [-0.05, 0) is 39.3 Å². The van der Waals surface area contributed by atoms with Crippen molar-refractivity contribution < 1.29 is 4.79 Å². The van der Waals surface area contributed by atoms with Gasteiger partial charge in [0.05, 0.1) is 6.54 Å². The Morgan fingerprint density at radius 3 is 2.95 bits per heavy atom. The van der Waals surface area contributed by atoms with Crippen molar-refractivity contribution in [2.75, 3.05) is 32.7 Å². The summed E-state index contributed by atoms with van der Waals surface area (Å²) in [6, 6.07) is 2.75. The molecule has 1 aromatic rings. The maximum atomic E-state index is 12.4. The maximum absolute atomic E-state index is 12.4. The number of Topliss-reactive ketones (excluding diaryl/α,β-unsaturated/α-hetero) is 1. The lowest BCUT2D eigenvalue weighted by Crippen LogP contribution is -2.51. The summed E-state index contributed by atoms with van der Waals surface area (Å²) >= 11 is 1.73. The lowest BCUT2D eigenvalue weighted by molar-refractivity contribution is 0.0784. The molecule has 0 spiro atoms. The van der Waals surface area contributed by atoms with E-state index in [1.165, 1.54) is 29.1 Å². The predicted molar refractivity (Wildman–Crippen MR) is 79.2 cm³/mol. The second-order valence-electron chi connectivity index (χ2n) is 5.82. The van der Waals surface area contributed by atoms with Gasteiger partial charge in [-0.25, -0.2) is 0 Å². The molecule has 1 unspecified atom stereocenters. The van der Waals surface area contributed by atoms with Crippen molar-refractivity contribution in [3.05, 3.63) is 21.4 Å². The van der Waals surface area contributed by atoms with E-state index in [9.17, 15) is 4.79 Å². The fourth-order valence-electron chi connectivity index (χ4n) is 3.40. The number of carbonyl (C=O) groups is 1. The molecule has 0 saturated carbocycles. The molecule has 19 heavy (non-hydrogen) atoms. The number of hydrogen-bond donors (Lipinski definition) is 0. The van der Waals surface area contributed by atoms with Crippen LogP contribution >= 0.6 is 11.3 Å². The van der Waals surface area contributed by atoms with Gasteiger partial charge in [-0.15, -0.1) is 11.3 Å². The van der Waals surface area contributed by atoms with Crippen LogP contribution in [0.5, 0.6) is 0 Å². The van der Waals surface area contributed by atoms with Crippen LogP contribution in [0.25, 0.3) is 0 Å². The van der Waals surface area contributed by atoms with Crippen molar-refractivity contribution in [2.24, 2.45) is 0 Å². The Morgan fingerprint density at radius 2 is 2.21 bits per heavy atom. The Morgan fingerprint density at radius 1 is 1.37 bits per heavy atom. The molecule has 3 rings (SSSR count). The van der Waals surface area contributed by atoms with Gasteiger partial charge in [0.25, 0.3) is 0 Å². The number of thiophene rings is 1. The van der Waals surface area contributed by atoms with Gasteiger partial charge in [-0.2, -0.15) is 0 Å². The number of aryl methyl sites for hydroxylation is 2. The van der Waals surface area contributed by atoms with Crippen LogP contribution < -0.4 is 0 Å². The van der Waals surface area contributed by atoms with Gasteiger partial charge in [-0.3, -0.25) is 14.6 Å². The first-order valence-electron chi connectivity index (χ1n) is 7.20. The summed E-state index contributed by atoms with van der Waals surface area (Å²) in [7, 11) is 0. The molecule has 2 saturated heterocycles. The zero-order valence-corrected chi connectivity index (χ0v) is 12.6. The van der Waals surface area contributed by atoms with E-state index in [4.69, 9.17) is 0 Å². The molecule has 2 aliphatic heterocycles. The molecule has 0 aromatic carbocycles. The van der Waals surface area contributed by atoms with Gasteiger partial charge in [0.2, 0.25) is 0 Å². The predicted octanol–water partition coefficient (Wildman–Crippen LogP) is 2.33. The smallest absolute Gasteiger partial charge is 0.177 e. The minimum atomic E-state index is 0.299. The number of ketones is 1. The van der Waals surface area contributed by atoms with E-state index >= 15 is 0 Å². The molecule has 0 bridgehead atoms. The van der Waals surface area contributed by atoms with E-state index in [2.05, 4.69) is 23.6 Å². The molecule has 0 aliphatic carbocycles. The maximum Gasteiger partial charge on any atom is 0.177 e. The molecule has 104 valence electrons. The molecule has 0 radical (unpaired) electrons. The van der Waals surface area contributed by atoms with Crippen molar-refractivity contribution in [3.8, 4) is 0 Å². The van der Waals surface area contributed by atoms with Gasteiger partial charge in [-0.1, -0.05) is 0 Å². The quantitative estimate of drug-likeness (QED) is 0.793. The fourth-order valence-corrected chi connectivity index (χ4v) is 4.34. The van der Waals surface area contributed by atoms with Gasteiger partial charge in [0, 0.05) is 41.0 Å². The summed E-state index contributed by atoms with van der Waals surface area (Å²) in [5.74, 6) is 0.299. The molecule has 0 amide bonds. The standard InChI is InChI=1S/C15H22N2OS/c1-11-8-14(12(2)19-11)15(18)10-16-6-7-17-5-3-4-13(17)9-16/h8,13H,3-7,9-10H2,1-2H3. The fraction of sp³-hybridized carbons (Fsp3) is 0.667. The normalized spacial score (nSPS) is 24.6. The van der Waals surface area contributed by atoms with Gasteiger partial charge in [0.15, 0.2) is 5.78 Å². The van der Waals surface area contributed by atoms with E-state index in [0.29, 0.717) is 18.4 Å². The summed E-state index contributed by atoms with van der Waals surface area (Å²) in [6.45, 7) is 9.25. The van der Waals surface area contributed by atoms with Crippen LogP contribution in [0.2, 0.25) is 0 Å². The lowest BCUT2D eigenvalue weighted by Gasteiger charge is -2.37. The van der Waals surface area contributed by atoms with E-state index in [1.807, 2.05) is 6.07 Å². The number of rotatable bonds is 3. The first-order valence-corrected chi connectivity index (χ1v) is 8.02. The van der Waals surface area contributed by atoms with E-state index in [-0.39, 0.29) is 0 Å². The van der Waals surface area contributed by atoms with E-state index in [1.54, 1.807) is 11.3 Å². The largest absolute Gasteiger partial charge is 0.298 e. The topological polar surface area (TPSA) is 23.6 Å². The average Bonchev–Trinajstić information content (AvgIpc) is 2.94. The molecular weight excluding hydrogens is 256 g/mol. The van der Waals surface area contributed by atoms with Crippen LogP contribution in [0, 0.1) is 13.8 Å². The van der Waals surface area contributed by atoms with Crippen molar-refractivity contribution in [3.63, 3.8) is 0 Å². The van der Waals surface area contributed by atoms with Crippen molar-refractivity contribution in [1.29, 1.82) is 0 Å². The monoisotopic (exact) mass is 278 g/mol. The molecule has 0 N–H and O–H groups in total. The Kier molecular flexibility index (Phi) is 3.74. The summed E-state index contributed by atoms with van der Waals surface area (Å²) in [5.41, 5.74) is 0.941. The third-order valence-corrected chi connectivity index (χ3v) is 5.35. The summed E-state index contributed by atoms with van der Waals surface area (Å²) in [4.78, 5) is 19.7. The number of nitrogens with zero attached hydrogens (tertiary/aromatic N) is 2. The zero-order valence-electron chi connectivity index (χ0n) is 11.8. The Bertz CT molecular complexity index is 482. The number of piperazine rings is 1. The minimum absolute atomic E-state index is 0.299. The minimum Gasteiger partial charge on any atom is -0.298 e. The third-order valence-electron chi connectivity index (χ3n) is 4.38. The molecule has 1 atom stereocenters. The van der Waals surface area contributed by atoms with Gasteiger partial charge in [0.1, 0.15) is 0 Å². The Hall–Kier alpha value is -0.710. The highest BCUT2D eigenvalue weighted by Crippen LogP contribution is 2.24. The van der Waals surface area contributed by atoms with Crippen LogP contribution in [0.1, 0.15) is 33.0 Å². The SMILES string of the molecule is Cc1cc(C(=O)CN2CCN3CCCC3C2)c(C)s1. The second-order valence-corrected chi connectivity index (χ2v) is 7.28. The molecule has 2 fully saturated rings. The third kappa shape index (κ3) is 2.76. The van der Waals surface area contributed by atoms with Gasteiger partial charge >= 0.3 is 0 Å². The van der Waals surface area contributed by atoms with Gasteiger partial charge < -0.3 is 0 Å². The summed E-state index contributed by atoms with van der Waals surface area (Å²) in [6.07, 6.45) is 2.64. The first kappa shape index (κ1) is 13.3. The molecular formula is C15H22N2OS. The molecule has 4 heteroatoms. The number of fused-ring (bicyclic) bond motifs is 1. The lowest BCUT2D eigenvalue weighted by atomic mass is 10.1. The van der Waals surface area contributed by atoms with Crippen molar-refractivity contribution in [2.45, 2.75) is 32.7 Å². The first-order chi connectivity index (χ1) is 9.13. The highest BCUT2D eigenvalue weighted by atomic mass is 32.1. The highest BCUT2D eigenvalue weighted by molar-refractivity contribution is 7.12. The number of carbonyl (C=O) groups excluding carboxylic acids is 1. The molecule has 2 aliphatic rings. The van der Waals surface area contributed by atoms with Crippen molar-refractivity contribution in [1.82, 2.24) is 9.80 Å². The summed E-state index contributed by atoms with van der Waals surface area (Å²) < 4.78 is 0. The molecule has 3 nitrogen and oxygen atoms in total. The van der Waals surface area contributed by atoms with Crippen LogP contribution in [-0.2, 0) is 0 Å². The highest BCUT2D eigenvalue weighted by Gasteiger charge is 2.31. The molecule has 3 heterocycles. The second kappa shape index (κ2) is 5.35. The van der Waals surface area contributed by atoms with Crippen LogP contribution in [-0.4, -0.2) is 54.3 Å². The zero-order chi connectivity index (χ0) is 13.4. The van der Waals surface area contributed by atoms with Crippen LogP contribution in [0.15, 0.2) is 6.07 Å².